The molecule has 3 heteroatoms. The summed E-state index contributed by atoms with van der Waals surface area (Å²) in [6.07, 6.45) is 6.29. The number of rotatable bonds is 1. The standard InChI is InChI=1S/C14H18N2O/c17-10-13-11-6-3-4-7-12(11)15-14-8-2-1-5-9-16(13)14/h3-4,6-7,10,13-15H,1-2,5,8-9H2. The van der Waals surface area contributed by atoms with Crippen LogP contribution in [0.25, 0.3) is 0 Å². The van der Waals surface area contributed by atoms with E-state index in [1.165, 1.54) is 19.3 Å². The Hall–Kier alpha value is -1.35. The first-order chi connectivity index (χ1) is 8.40. The normalized spacial score (nSPS) is 28.5. The van der Waals surface area contributed by atoms with E-state index in [2.05, 4.69) is 22.3 Å². The lowest BCUT2D eigenvalue weighted by atomic mass is 9.99. The molecule has 2 heterocycles. The summed E-state index contributed by atoms with van der Waals surface area (Å²) in [7, 11) is 0. The molecule has 2 unspecified atom stereocenters. The van der Waals surface area contributed by atoms with Crippen LogP contribution in [0.1, 0.15) is 37.3 Å². The van der Waals surface area contributed by atoms with E-state index < -0.39 is 0 Å². The number of fused-ring (bicyclic) bond motifs is 2. The average molecular weight is 230 g/mol. The lowest BCUT2D eigenvalue weighted by Crippen LogP contribution is -2.47. The van der Waals surface area contributed by atoms with Crippen LogP contribution in [0.4, 0.5) is 5.69 Å². The number of para-hydroxylation sites is 1. The molecule has 1 fully saturated rings. The number of carbonyl (C=O) groups excluding carboxylic acids is 1. The summed E-state index contributed by atoms with van der Waals surface area (Å²) in [5, 5.41) is 3.57. The first kappa shape index (κ1) is 10.8. The summed E-state index contributed by atoms with van der Waals surface area (Å²) in [6, 6.07) is 8.11. The van der Waals surface area contributed by atoms with Gasteiger partial charge in [0, 0.05) is 12.2 Å². The molecule has 0 saturated carbocycles. The number of nitrogens with zero attached hydrogens (tertiary/aromatic N) is 1. The Morgan fingerprint density at radius 1 is 1.24 bits per heavy atom. The van der Waals surface area contributed by atoms with Crippen LogP contribution in [0.3, 0.4) is 0 Å². The van der Waals surface area contributed by atoms with Crippen molar-refractivity contribution in [1.82, 2.24) is 4.90 Å². The zero-order valence-electron chi connectivity index (χ0n) is 9.93. The van der Waals surface area contributed by atoms with Gasteiger partial charge in [0.15, 0.2) is 0 Å². The van der Waals surface area contributed by atoms with E-state index in [1.807, 2.05) is 12.1 Å². The maximum Gasteiger partial charge on any atom is 0.141 e. The Balaban J connectivity index is 2.00. The van der Waals surface area contributed by atoms with Crippen molar-refractivity contribution in [3.63, 3.8) is 0 Å². The summed E-state index contributed by atoms with van der Waals surface area (Å²) < 4.78 is 0. The van der Waals surface area contributed by atoms with Gasteiger partial charge in [0.2, 0.25) is 0 Å². The molecule has 0 amide bonds. The highest BCUT2D eigenvalue weighted by atomic mass is 16.1. The van der Waals surface area contributed by atoms with Crippen LogP contribution in [-0.4, -0.2) is 23.9 Å². The number of carbonyl (C=O) groups is 1. The van der Waals surface area contributed by atoms with Crippen LogP contribution in [0.5, 0.6) is 0 Å². The number of benzene rings is 1. The Bertz CT molecular complexity index is 418. The molecule has 2 atom stereocenters. The van der Waals surface area contributed by atoms with Crippen LogP contribution >= 0.6 is 0 Å². The third-order valence-electron chi connectivity index (χ3n) is 3.88. The van der Waals surface area contributed by atoms with E-state index in [0.717, 1.165) is 30.5 Å². The maximum absolute atomic E-state index is 11.4. The van der Waals surface area contributed by atoms with Gasteiger partial charge in [-0.1, -0.05) is 31.0 Å². The van der Waals surface area contributed by atoms with Crippen molar-refractivity contribution in [1.29, 1.82) is 0 Å². The van der Waals surface area contributed by atoms with Crippen molar-refractivity contribution >= 4 is 12.0 Å². The van der Waals surface area contributed by atoms with Crippen LogP contribution < -0.4 is 5.32 Å². The second-order valence-electron chi connectivity index (χ2n) is 4.92. The number of hydrogen-bond donors (Lipinski definition) is 1. The Morgan fingerprint density at radius 3 is 3.00 bits per heavy atom. The fourth-order valence-corrected chi connectivity index (χ4v) is 3.01. The van der Waals surface area contributed by atoms with Crippen molar-refractivity contribution in [2.24, 2.45) is 0 Å². The zero-order chi connectivity index (χ0) is 11.7. The molecular weight excluding hydrogens is 212 g/mol. The Labute approximate surface area is 102 Å². The molecule has 17 heavy (non-hydrogen) atoms. The van der Waals surface area contributed by atoms with Gasteiger partial charge in [-0.15, -0.1) is 0 Å². The summed E-state index contributed by atoms with van der Waals surface area (Å²) in [5.41, 5.74) is 2.26. The highest BCUT2D eigenvalue weighted by Crippen LogP contribution is 2.36. The SMILES string of the molecule is O=CC1c2ccccc2NC2CCCCCN21. The fourth-order valence-electron chi connectivity index (χ4n) is 3.01. The molecule has 90 valence electrons. The summed E-state index contributed by atoms with van der Waals surface area (Å²) in [5.74, 6) is 0. The molecule has 1 aromatic rings. The van der Waals surface area contributed by atoms with E-state index >= 15 is 0 Å². The maximum atomic E-state index is 11.4. The average Bonchev–Trinajstić information content (AvgIpc) is 2.60. The monoisotopic (exact) mass is 230 g/mol. The smallest absolute Gasteiger partial charge is 0.141 e. The molecule has 0 aliphatic carbocycles. The minimum absolute atomic E-state index is 0.0597. The van der Waals surface area contributed by atoms with Gasteiger partial charge < -0.3 is 10.1 Å². The molecule has 1 aromatic carbocycles. The summed E-state index contributed by atoms with van der Waals surface area (Å²) in [6.45, 7) is 1.02. The molecule has 0 spiro atoms. The van der Waals surface area contributed by atoms with Gasteiger partial charge >= 0.3 is 0 Å². The van der Waals surface area contributed by atoms with Crippen LogP contribution in [0.15, 0.2) is 24.3 Å². The van der Waals surface area contributed by atoms with E-state index in [0.29, 0.717) is 6.17 Å². The third-order valence-corrected chi connectivity index (χ3v) is 3.88. The van der Waals surface area contributed by atoms with Crippen molar-refractivity contribution < 1.29 is 4.79 Å². The number of anilines is 1. The highest BCUT2D eigenvalue weighted by molar-refractivity contribution is 5.69. The quantitative estimate of drug-likeness (QED) is 0.752. The first-order valence-electron chi connectivity index (χ1n) is 6.46. The number of aldehydes is 1. The summed E-state index contributed by atoms with van der Waals surface area (Å²) >= 11 is 0. The predicted molar refractivity (Wildman–Crippen MR) is 67.8 cm³/mol. The van der Waals surface area contributed by atoms with E-state index in [9.17, 15) is 4.79 Å². The first-order valence-corrected chi connectivity index (χ1v) is 6.46. The van der Waals surface area contributed by atoms with Gasteiger partial charge in [0.25, 0.3) is 0 Å². The Morgan fingerprint density at radius 2 is 2.12 bits per heavy atom. The molecule has 0 aromatic heterocycles. The molecule has 3 nitrogen and oxygen atoms in total. The largest absolute Gasteiger partial charge is 0.369 e. The van der Waals surface area contributed by atoms with Crippen LogP contribution in [-0.2, 0) is 4.79 Å². The van der Waals surface area contributed by atoms with Gasteiger partial charge in [0.1, 0.15) is 6.29 Å². The van der Waals surface area contributed by atoms with E-state index in [4.69, 9.17) is 0 Å². The van der Waals surface area contributed by atoms with Gasteiger partial charge in [-0.25, -0.2) is 0 Å². The fraction of sp³-hybridized carbons (Fsp3) is 0.500. The lowest BCUT2D eigenvalue weighted by molar-refractivity contribution is -0.113. The minimum Gasteiger partial charge on any atom is -0.369 e. The van der Waals surface area contributed by atoms with Crippen molar-refractivity contribution in [2.45, 2.75) is 37.9 Å². The predicted octanol–water partition coefficient (Wildman–Crippen LogP) is 2.55. The molecule has 2 aliphatic rings. The lowest BCUT2D eigenvalue weighted by Gasteiger charge is -2.41. The molecule has 1 saturated heterocycles. The minimum atomic E-state index is -0.0597. The van der Waals surface area contributed by atoms with Crippen molar-refractivity contribution in [2.75, 3.05) is 11.9 Å². The third kappa shape index (κ3) is 1.84. The van der Waals surface area contributed by atoms with Crippen LogP contribution in [0.2, 0.25) is 0 Å². The number of nitrogens with one attached hydrogen (secondary N) is 1. The Kier molecular flexibility index (Phi) is 2.85. The molecular formula is C14H18N2O. The number of hydrogen-bond acceptors (Lipinski definition) is 3. The van der Waals surface area contributed by atoms with Crippen molar-refractivity contribution in [3.8, 4) is 0 Å². The topological polar surface area (TPSA) is 32.3 Å². The molecule has 3 rings (SSSR count). The van der Waals surface area contributed by atoms with E-state index in [1.54, 1.807) is 0 Å². The second kappa shape index (κ2) is 4.49. The molecule has 0 radical (unpaired) electrons. The van der Waals surface area contributed by atoms with Crippen LogP contribution in [0, 0.1) is 0 Å². The van der Waals surface area contributed by atoms with Gasteiger partial charge in [-0.2, -0.15) is 0 Å². The summed E-state index contributed by atoms with van der Waals surface area (Å²) in [4.78, 5) is 13.7. The van der Waals surface area contributed by atoms with Gasteiger partial charge in [-0.3, -0.25) is 4.90 Å². The molecule has 1 N–H and O–H groups in total. The zero-order valence-corrected chi connectivity index (χ0v) is 9.93. The van der Waals surface area contributed by atoms with E-state index in [-0.39, 0.29) is 6.04 Å². The molecule has 2 aliphatic heterocycles. The highest BCUT2D eigenvalue weighted by Gasteiger charge is 2.33. The second-order valence-corrected chi connectivity index (χ2v) is 4.92. The molecule has 0 bridgehead atoms. The van der Waals surface area contributed by atoms with Crippen molar-refractivity contribution in [3.05, 3.63) is 29.8 Å². The van der Waals surface area contributed by atoms with Gasteiger partial charge in [-0.05, 0) is 24.5 Å². The van der Waals surface area contributed by atoms with Gasteiger partial charge in [0.05, 0.1) is 12.2 Å².